The highest BCUT2D eigenvalue weighted by atomic mass is 32.2. The van der Waals surface area contributed by atoms with Crippen molar-refractivity contribution in [3.05, 3.63) is 59.1 Å². The van der Waals surface area contributed by atoms with Crippen molar-refractivity contribution in [3.63, 3.8) is 0 Å². The van der Waals surface area contributed by atoms with Gasteiger partial charge in [-0.25, -0.2) is 13.1 Å². The van der Waals surface area contributed by atoms with Crippen LogP contribution in [0.2, 0.25) is 0 Å². The molecule has 0 N–H and O–H groups in total. The average molecular weight is 456 g/mol. The van der Waals surface area contributed by atoms with Gasteiger partial charge in [-0.3, -0.25) is 4.79 Å². The van der Waals surface area contributed by atoms with E-state index >= 15 is 0 Å². The van der Waals surface area contributed by atoms with Crippen molar-refractivity contribution in [2.24, 2.45) is 5.92 Å². The molecule has 0 bridgehead atoms. The third-order valence-electron chi connectivity index (χ3n) is 6.32. The van der Waals surface area contributed by atoms with Gasteiger partial charge < -0.3 is 0 Å². The van der Waals surface area contributed by atoms with Crippen LogP contribution in [0.3, 0.4) is 0 Å². The molecule has 162 valence electrons. The molecule has 1 aliphatic carbocycles. The first kappa shape index (κ1) is 20.6. The topological polar surface area (TPSA) is 72.3 Å². The van der Waals surface area contributed by atoms with Crippen LogP contribution < -0.4 is 0 Å². The molecule has 5 rings (SSSR count). The lowest BCUT2D eigenvalue weighted by Crippen LogP contribution is -2.37. The predicted molar refractivity (Wildman–Crippen MR) is 120 cm³/mol. The summed E-state index contributed by atoms with van der Waals surface area (Å²) in [5.41, 5.74) is 3.34. The van der Waals surface area contributed by atoms with Crippen LogP contribution in [0.5, 0.6) is 0 Å². The fourth-order valence-electron chi connectivity index (χ4n) is 4.67. The van der Waals surface area contributed by atoms with Gasteiger partial charge in [0, 0.05) is 36.6 Å². The number of hydrogen-bond donors (Lipinski definition) is 0. The molecule has 6 nitrogen and oxygen atoms in total. The summed E-state index contributed by atoms with van der Waals surface area (Å²) >= 11 is 1.23. The van der Waals surface area contributed by atoms with Crippen molar-refractivity contribution in [2.45, 2.75) is 49.3 Å². The molecular formula is C23H25N3O3S2. The lowest BCUT2D eigenvalue weighted by Gasteiger charge is -2.27. The Morgan fingerprint density at radius 3 is 2.52 bits per heavy atom. The van der Waals surface area contributed by atoms with Gasteiger partial charge in [-0.15, -0.1) is 11.3 Å². The SMILES string of the molecule is O=C(C1CCCCC1)n1nc(-c2ccccc2)c2c1CCN(S(=O)(=O)c1cccs1)C2. The fraction of sp³-hybridized carbons (Fsp3) is 0.391. The number of sulfonamides is 1. The zero-order chi connectivity index (χ0) is 21.4. The van der Waals surface area contributed by atoms with Crippen LogP contribution in [0.15, 0.2) is 52.1 Å². The van der Waals surface area contributed by atoms with E-state index in [2.05, 4.69) is 0 Å². The second kappa shape index (κ2) is 8.33. The third kappa shape index (κ3) is 3.77. The van der Waals surface area contributed by atoms with Crippen LogP contribution in [0.1, 0.15) is 48.2 Å². The van der Waals surface area contributed by atoms with E-state index in [4.69, 9.17) is 5.10 Å². The van der Waals surface area contributed by atoms with Crippen molar-refractivity contribution in [3.8, 4) is 11.3 Å². The van der Waals surface area contributed by atoms with Crippen molar-refractivity contribution in [1.82, 2.24) is 14.1 Å². The van der Waals surface area contributed by atoms with E-state index in [9.17, 15) is 13.2 Å². The van der Waals surface area contributed by atoms with Crippen LogP contribution in [0.25, 0.3) is 11.3 Å². The molecule has 3 heterocycles. The highest BCUT2D eigenvalue weighted by Gasteiger charge is 2.35. The summed E-state index contributed by atoms with van der Waals surface area (Å²) in [4.78, 5) is 13.4. The van der Waals surface area contributed by atoms with E-state index in [1.54, 1.807) is 22.2 Å². The van der Waals surface area contributed by atoms with E-state index in [1.165, 1.54) is 22.1 Å². The van der Waals surface area contributed by atoms with Gasteiger partial charge >= 0.3 is 0 Å². The number of carbonyl (C=O) groups is 1. The lowest BCUT2D eigenvalue weighted by atomic mass is 9.88. The summed E-state index contributed by atoms with van der Waals surface area (Å²) in [5, 5.41) is 6.54. The number of aromatic nitrogens is 2. The first-order valence-electron chi connectivity index (χ1n) is 10.8. The van der Waals surface area contributed by atoms with Crippen LogP contribution >= 0.6 is 11.3 Å². The second-order valence-corrected chi connectivity index (χ2v) is 11.4. The highest BCUT2D eigenvalue weighted by molar-refractivity contribution is 7.91. The molecule has 3 aromatic rings. The number of thiophene rings is 1. The van der Waals surface area contributed by atoms with Crippen molar-refractivity contribution in [1.29, 1.82) is 0 Å². The Kier molecular flexibility index (Phi) is 5.54. The van der Waals surface area contributed by atoms with E-state index in [-0.39, 0.29) is 18.4 Å². The zero-order valence-corrected chi connectivity index (χ0v) is 18.9. The summed E-state index contributed by atoms with van der Waals surface area (Å²) in [6.45, 7) is 0.586. The molecule has 1 saturated carbocycles. The molecule has 1 aromatic carbocycles. The summed E-state index contributed by atoms with van der Waals surface area (Å²) in [6.07, 6.45) is 5.65. The molecule has 1 aliphatic heterocycles. The molecule has 0 radical (unpaired) electrons. The monoisotopic (exact) mass is 455 g/mol. The first-order chi connectivity index (χ1) is 15.1. The second-order valence-electron chi connectivity index (χ2n) is 8.25. The Hall–Kier alpha value is -2.29. The van der Waals surface area contributed by atoms with Gasteiger partial charge in [0.15, 0.2) is 0 Å². The van der Waals surface area contributed by atoms with Crippen LogP contribution in [0.4, 0.5) is 0 Å². The van der Waals surface area contributed by atoms with Crippen LogP contribution in [-0.2, 0) is 23.0 Å². The minimum Gasteiger partial charge on any atom is -0.272 e. The molecule has 0 unspecified atom stereocenters. The molecule has 1 fully saturated rings. The predicted octanol–water partition coefficient (Wildman–Crippen LogP) is 4.58. The van der Waals surface area contributed by atoms with Crippen LogP contribution in [0, 0.1) is 5.92 Å². The Balaban J connectivity index is 1.56. The van der Waals surface area contributed by atoms with Crippen molar-refractivity contribution in [2.75, 3.05) is 6.54 Å². The average Bonchev–Trinajstić information content (AvgIpc) is 3.48. The maximum absolute atomic E-state index is 13.4. The van der Waals surface area contributed by atoms with Crippen molar-refractivity contribution >= 4 is 27.3 Å². The molecule has 2 aromatic heterocycles. The fourth-order valence-corrected chi connectivity index (χ4v) is 7.22. The third-order valence-corrected chi connectivity index (χ3v) is 9.54. The normalized spacial score (nSPS) is 18.1. The van der Waals surface area contributed by atoms with Crippen LogP contribution in [-0.4, -0.2) is 35.0 Å². The number of rotatable bonds is 4. The quantitative estimate of drug-likeness (QED) is 0.577. The number of fused-ring (bicyclic) bond motifs is 1. The van der Waals surface area contributed by atoms with Gasteiger partial charge in [0.05, 0.1) is 11.4 Å². The summed E-state index contributed by atoms with van der Waals surface area (Å²) < 4.78 is 29.7. The number of nitrogens with zero attached hydrogens (tertiary/aromatic N) is 3. The molecule has 31 heavy (non-hydrogen) atoms. The van der Waals surface area contributed by atoms with E-state index in [1.807, 2.05) is 30.3 Å². The zero-order valence-electron chi connectivity index (χ0n) is 17.2. The van der Waals surface area contributed by atoms with Gasteiger partial charge in [0.25, 0.3) is 10.0 Å². The molecule has 2 aliphatic rings. The van der Waals surface area contributed by atoms with E-state index < -0.39 is 10.0 Å². The minimum atomic E-state index is -3.56. The smallest absolute Gasteiger partial charge is 0.252 e. The molecule has 0 amide bonds. The maximum Gasteiger partial charge on any atom is 0.252 e. The highest BCUT2D eigenvalue weighted by Crippen LogP contribution is 2.34. The standard InChI is InChI=1S/C23H25N3O3S2/c27-23(18-10-5-2-6-11-18)26-20-13-14-25(31(28,29)21-12-7-15-30-21)16-19(20)22(24-26)17-8-3-1-4-9-17/h1,3-4,7-9,12,15,18H,2,5-6,10-11,13-14,16H2. The van der Waals surface area contributed by atoms with Crippen molar-refractivity contribution < 1.29 is 13.2 Å². The van der Waals surface area contributed by atoms with Gasteiger partial charge in [-0.2, -0.15) is 9.40 Å². The lowest BCUT2D eigenvalue weighted by molar-refractivity contribution is 0.0779. The Labute approximate surface area is 186 Å². The number of hydrogen-bond acceptors (Lipinski definition) is 5. The summed E-state index contributed by atoms with van der Waals surface area (Å²) in [5.74, 6) is 0.0712. The first-order valence-corrected chi connectivity index (χ1v) is 13.1. The van der Waals surface area contributed by atoms with Gasteiger partial charge in [-0.1, -0.05) is 55.7 Å². The minimum absolute atomic E-state index is 0.00857. The summed E-state index contributed by atoms with van der Waals surface area (Å²) in [6, 6.07) is 13.1. The number of benzene rings is 1. The maximum atomic E-state index is 13.4. The largest absolute Gasteiger partial charge is 0.272 e. The van der Waals surface area contributed by atoms with E-state index in [0.717, 1.165) is 42.5 Å². The Morgan fingerprint density at radius 1 is 1.03 bits per heavy atom. The van der Waals surface area contributed by atoms with E-state index in [0.29, 0.717) is 22.9 Å². The summed E-state index contributed by atoms with van der Waals surface area (Å²) in [7, 11) is -3.56. The molecular weight excluding hydrogens is 430 g/mol. The molecule has 0 atom stereocenters. The van der Waals surface area contributed by atoms with Gasteiger partial charge in [0.2, 0.25) is 5.91 Å². The Bertz CT molecular complexity index is 1180. The van der Waals surface area contributed by atoms with Gasteiger partial charge in [-0.05, 0) is 24.3 Å². The number of carbonyl (C=O) groups excluding carboxylic acids is 1. The molecule has 0 saturated heterocycles. The molecule has 8 heteroatoms. The Morgan fingerprint density at radius 2 is 1.81 bits per heavy atom. The van der Waals surface area contributed by atoms with Gasteiger partial charge in [0.1, 0.15) is 4.21 Å². The molecule has 0 spiro atoms.